The summed E-state index contributed by atoms with van der Waals surface area (Å²) in [6.45, 7) is 24.6. The fourth-order valence-corrected chi connectivity index (χ4v) is 4.90. The Balaban J connectivity index is 2.44. The number of rotatable bonds is 8. The molecule has 1 aromatic carbocycles. The molecule has 0 radical (unpaired) electrons. The highest BCUT2D eigenvalue weighted by Gasteiger charge is 2.40. The Kier molecular flexibility index (Phi) is 9.63. The Labute approximate surface area is 220 Å². The van der Waals surface area contributed by atoms with Crippen molar-refractivity contribution in [1.82, 2.24) is 4.98 Å². The molecule has 0 saturated heterocycles. The molecule has 1 atom stereocenters. The Morgan fingerprint density at radius 1 is 0.972 bits per heavy atom. The maximum atomic E-state index is 6.77. The van der Waals surface area contributed by atoms with Gasteiger partial charge in [0, 0.05) is 11.1 Å². The summed E-state index contributed by atoms with van der Waals surface area (Å²) in [7, 11) is -2.40. The van der Waals surface area contributed by atoms with Gasteiger partial charge >= 0.3 is 0 Å². The summed E-state index contributed by atoms with van der Waals surface area (Å²) in [4.78, 5) is 4.48. The molecule has 2 aromatic rings. The smallest absolute Gasteiger partial charge is 0.226 e. The first kappa shape index (κ1) is 30.1. The van der Waals surface area contributed by atoms with Crippen molar-refractivity contribution in [2.75, 3.05) is 13.7 Å². The highest BCUT2D eigenvalue weighted by Crippen LogP contribution is 2.39. The van der Waals surface area contributed by atoms with E-state index in [2.05, 4.69) is 84.6 Å². The average molecular weight is 528 g/mol. The molecule has 0 aliphatic rings. The number of aromatic nitrogens is 1. The Hall–Kier alpha value is -2.12. The summed E-state index contributed by atoms with van der Waals surface area (Å²) in [6.07, 6.45) is 1.19. The lowest BCUT2D eigenvalue weighted by atomic mass is 10.1. The van der Waals surface area contributed by atoms with Crippen LogP contribution in [-0.2, 0) is 13.6 Å². The molecular formula is C29H45NO4Si2. The minimum absolute atomic E-state index is 0.0179. The molecule has 5 nitrogen and oxygen atoms in total. The monoisotopic (exact) mass is 527 g/mol. The summed E-state index contributed by atoms with van der Waals surface area (Å²) in [5.74, 6) is 8.40. The zero-order valence-electron chi connectivity index (χ0n) is 24.3. The van der Waals surface area contributed by atoms with E-state index in [1.54, 1.807) is 13.3 Å². The number of hydrogen-bond acceptors (Lipinski definition) is 5. The van der Waals surface area contributed by atoms with E-state index in [1.165, 1.54) is 0 Å². The van der Waals surface area contributed by atoms with Crippen LogP contribution >= 0.6 is 0 Å². The average Bonchev–Trinajstić information content (AvgIpc) is 3.26. The second-order valence-electron chi connectivity index (χ2n) is 12.2. The molecule has 0 spiro atoms. The van der Waals surface area contributed by atoms with Crippen molar-refractivity contribution in [3.8, 4) is 23.3 Å². The van der Waals surface area contributed by atoms with E-state index >= 15 is 0 Å². The minimum atomic E-state index is -2.16. The number of methoxy groups -OCH3 is 1. The van der Waals surface area contributed by atoms with E-state index in [9.17, 15) is 0 Å². The van der Waals surface area contributed by atoms with Crippen molar-refractivity contribution in [3.63, 3.8) is 0 Å². The molecule has 0 amide bonds. The maximum absolute atomic E-state index is 6.77. The van der Waals surface area contributed by atoms with Crippen molar-refractivity contribution in [2.45, 2.75) is 90.8 Å². The zero-order chi connectivity index (χ0) is 27.4. The van der Waals surface area contributed by atoms with Crippen molar-refractivity contribution in [2.24, 2.45) is 0 Å². The third-order valence-electron chi connectivity index (χ3n) is 7.49. The van der Waals surface area contributed by atoms with Gasteiger partial charge in [-0.1, -0.05) is 71.6 Å². The molecule has 1 unspecified atom stereocenters. The van der Waals surface area contributed by atoms with Crippen molar-refractivity contribution < 1.29 is 18.0 Å². The molecule has 1 aromatic heterocycles. The molecule has 2 rings (SSSR count). The van der Waals surface area contributed by atoms with Gasteiger partial charge in [-0.3, -0.25) is 0 Å². The van der Waals surface area contributed by atoms with E-state index in [1.807, 2.05) is 37.3 Å². The first-order valence-electron chi connectivity index (χ1n) is 12.6. The van der Waals surface area contributed by atoms with Crippen LogP contribution in [0.2, 0.25) is 36.3 Å². The second kappa shape index (κ2) is 11.5. The van der Waals surface area contributed by atoms with Crippen LogP contribution in [0.3, 0.4) is 0 Å². The molecule has 7 heteroatoms. The summed E-state index contributed by atoms with van der Waals surface area (Å²) < 4.78 is 25.1. The van der Waals surface area contributed by atoms with Gasteiger partial charge in [-0.25, -0.2) is 4.98 Å². The molecule has 36 heavy (non-hydrogen) atoms. The van der Waals surface area contributed by atoms with Crippen molar-refractivity contribution in [1.29, 1.82) is 0 Å². The van der Waals surface area contributed by atoms with E-state index in [4.69, 9.17) is 18.0 Å². The Morgan fingerprint density at radius 3 is 2.08 bits per heavy atom. The van der Waals surface area contributed by atoms with Gasteiger partial charge in [-0.15, -0.1) is 0 Å². The molecule has 0 aliphatic heterocycles. The first-order valence-corrected chi connectivity index (χ1v) is 18.4. The predicted molar refractivity (Wildman–Crippen MR) is 155 cm³/mol. The number of oxazole rings is 1. The minimum Gasteiger partial charge on any atom is -0.497 e. The largest absolute Gasteiger partial charge is 0.497 e. The second-order valence-corrected chi connectivity index (χ2v) is 21.8. The lowest BCUT2D eigenvalue weighted by Crippen LogP contribution is -2.44. The number of allylic oxidation sites excluding steroid dienone is 1. The van der Waals surface area contributed by atoms with Crippen LogP contribution in [-0.4, -0.2) is 41.4 Å². The third kappa shape index (κ3) is 7.45. The molecule has 0 aliphatic carbocycles. The lowest BCUT2D eigenvalue weighted by molar-refractivity contribution is 0.171. The Morgan fingerprint density at radius 2 is 1.56 bits per heavy atom. The van der Waals surface area contributed by atoms with Crippen LogP contribution < -0.4 is 0 Å². The topological polar surface area (TPSA) is 53.7 Å². The van der Waals surface area contributed by atoms with Gasteiger partial charge in [0.15, 0.2) is 28.5 Å². The zero-order valence-corrected chi connectivity index (χ0v) is 26.3. The quantitative estimate of drug-likeness (QED) is 0.197. The molecule has 0 fully saturated rings. The fourth-order valence-electron chi connectivity index (χ4n) is 2.93. The van der Waals surface area contributed by atoms with Crippen LogP contribution in [0.5, 0.6) is 0 Å². The molecule has 0 N–H and O–H groups in total. The number of hydrogen-bond donors (Lipinski definition) is 0. The number of nitrogens with zero attached hydrogens (tertiary/aromatic N) is 1. The van der Waals surface area contributed by atoms with Gasteiger partial charge in [-0.2, -0.15) is 0 Å². The van der Waals surface area contributed by atoms with E-state index < -0.39 is 22.7 Å². The van der Waals surface area contributed by atoms with E-state index in [-0.39, 0.29) is 10.1 Å². The molecule has 198 valence electrons. The first-order chi connectivity index (χ1) is 16.5. The van der Waals surface area contributed by atoms with Gasteiger partial charge in [0.05, 0.1) is 19.9 Å². The van der Waals surface area contributed by atoms with Gasteiger partial charge in [0.1, 0.15) is 5.76 Å². The molecule has 0 saturated carbocycles. The molecule has 0 bridgehead atoms. The van der Waals surface area contributed by atoms with Crippen LogP contribution in [0, 0.1) is 11.8 Å². The highest BCUT2D eigenvalue weighted by atomic mass is 28.4. The van der Waals surface area contributed by atoms with Crippen molar-refractivity contribution in [3.05, 3.63) is 48.0 Å². The summed E-state index contributed by atoms with van der Waals surface area (Å²) in [6, 6.07) is 9.85. The molecular weight excluding hydrogens is 482 g/mol. The normalized spacial score (nSPS) is 14.6. The molecule has 1 heterocycles. The summed E-state index contributed by atoms with van der Waals surface area (Å²) in [5, 5.41) is 0.146. The van der Waals surface area contributed by atoms with Crippen LogP contribution in [0.1, 0.15) is 54.2 Å². The summed E-state index contributed by atoms with van der Waals surface area (Å²) in [5.41, 5.74) is 1.74. The SMILES string of the molecule is CO/C(=C(/C)c1cnc(-c2ccccc2)o1)C(C#CCO[Si](C)(C)C(C)(C)C)O[Si](C)(C)C(C)(C)C. The number of benzene rings is 1. The Bertz CT molecular complexity index is 1090. The van der Waals surface area contributed by atoms with Crippen LogP contribution in [0.4, 0.5) is 0 Å². The maximum Gasteiger partial charge on any atom is 0.226 e. The van der Waals surface area contributed by atoms with Gasteiger partial charge in [-0.05, 0) is 55.3 Å². The van der Waals surface area contributed by atoms with E-state index in [0.717, 1.165) is 11.1 Å². The number of ether oxygens (including phenoxy) is 1. The third-order valence-corrected chi connectivity index (χ3v) is 16.4. The van der Waals surface area contributed by atoms with E-state index in [0.29, 0.717) is 24.0 Å². The van der Waals surface area contributed by atoms with Crippen LogP contribution in [0.15, 0.2) is 46.7 Å². The van der Waals surface area contributed by atoms with Gasteiger partial charge in [0.2, 0.25) is 5.89 Å². The van der Waals surface area contributed by atoms with Gasteiger partial charge < -0.3 is 18.0 Å². The van der Waals surface area contributed by atoms with Gasteiger partial charge in [0.25, 0.3) is 0 Å². The van der Waals surface area contributed by atoms with Crippen molar-refractivity contribution >= 4 is 22.2 Å². The van der Waals surface area contributed by atoms with Crippen LogP contribution in [0.25, 0.3) is 17.0 Å². The fraction of sp³-hybridized carbons (Fsp3) is 0.552. The highest BCUT2D eigenvalue weighted by molar-refractivity contribution is 6.74. The predicted octanol–water partition coefficient (Wildman–Crippen LogP) is 8.13. The lowest BCUT2D eigenvalue weighted by Gasteiger charge is -2.38. The standard InChI is InChI=1S/C29H45NO4Si2/c1-22(25-21-30-27(33-25)23-17-14-13-15-18-23)26(31-8)24(34-36(11,12)29(5,6)7)19-16-20-32-35(9,10)28(2,3)4/h13-15,17-18,21,24H,20H2,1-12H3/b26-22-. The summed E-state index contributed by atoms with van der Waals surface area (Å²) >= 11 is 0.